The largest absolute Gasteiger partial charge is 0.455 e. The van der Waals surface area contributed by atoms with Crippen molar-refractivity contribution >= 4 is 87.0 Å². The summed E-state index contributed by atoms with van der Waals surface area (Å²) in [5, 5.41) is 14.1. The number of rotatable bonds is 4. The standard InChI is InChI=1S/C58H34O2/c1-2-16-35(17-3-1)53-38-19-4-8-23-42(38)55(43-24-9-5-20-39(43)53)49-30-15-28-47-50-34-36(32-33-52(50)60-58(47)49)54-40-21-6-10-25-44(40)56(45-26-11-7-22-41(45)54)48-29-14-27-46-37-18-12-13-31-51(37)59-57(46)48/h1-34H. The second kappa shape index (κ2) is 12.8. The molecule has 13 rings (SSSR count). The lowest BCUT2D eigenvalue weighted by molar-refractivity contribution is 0.669. The van der Waals surface area contributed by atoms with Gasteiger partial charge in [0, 0.05) is 43.8 Å². The minimum Gasteiger partial charge on any atom is -0.455 e. The van der Waals surface area contributed by atoms with Crippen LogP contribution in [-0.4, -0.2) is 0 Å². The van der Waals surface area contributed by atoms with Gasteiger partial charge in [0.15, 0.2) is 0 Å². The van der Waals surface area contributed by atoms with E-state index in [9.17, 15) is 0 Å². The molecule has 0 saturated carbocycles. The molecule has 2 heterocycles. The van der Waals surface area contributed by atoms with Gasteiger partial charge in [0.05, 0.1) is 0 Å². The van der Waals surface area contributed by atoms with Crippen molar-refractivity contribution < 1.29 is 8.83 Å². The number of hydrogen-bond donors (Lipinski definition) is 0. The Morgan fingerprint density at radius 1 is 0.217 bits per heavy atom. The van der Waals surface area contributed by atoms with Crippen LogP contribution >= 0.6 is 0 Å². The van der Waals surface area contributed by atoms with Crippen molar-refractivity contribution in [2.45, 2.75) is 0 Å². The number of fused-ring (bicyclic) bond motifs is 10. The van der Waals surface area contributed by atoms with Crippen LogP contribution in [0.1, 0.15) is 0 Å². The summed E-state index contributed by atoms with van der Waals surface area (Å²) in [6.07, 6.45) is 0. The van der Waals surface area contributed by atoms with Gasteiger partial charge in [-0.25, -0.2) is 0 Å². The van der Waals surface area contributed by atoms with Crippen LogP contribution in [0.2, 0.25) is 0 Å². The van der Waals surface area contributed by atoms with Crippen LogP contribution < -0.4 is 0 Å². The molecule has 0 atom stereocenters. The maximum Gasteiger partial charge on any atom is 0.143 e. The summed E-state index contributed by atoms with van der Waals surface area (Å²) in [7, 11) is 0. The minimum absolute atomic E-state index is 0.873. The maximum atomic E-state index is 6.95. The van der Waals surface area contributed by atoms with Crippen LogP contribution in [0.3, 0.4) is 0 Å². The van der Waals surface area contributed by atoms with E-state index in [1.54, 1.807) is 0 Å². The number of benzene rings is 11. The number of hydrogen-bond acceptors (Lipinski definition) is 2. The molecule has 0 unspecified atom stereocenters. The van der Waals surface area contributed by atoms with Crippen molar-refractivity contribution in [1.82, 2.24) is 0 Å². The van der Waals surface area contributed by atoms with Crippen LogP contribution in [0.15, 0.2) is 215 Å². The quantitative estimate of drug-likeness (QED) is 0.167. The maximum absolute atomic E-state index is 6.95. The molecule has 11 aromatic carbocycles. The van der Waals surface area contributed by atoms with Gasteiger partial charge < -0.3 is 8.83 Å². The molecule has 278 valence electrons. The van der Waals surface area contributed by atoms with Gasteiger partial charge >= 0.3 is 0 Å². The fourth-order valence-corrected chi connectivity index (χ4v) is 10.2. The van der Waals surface area contributed by atoms with E-state index in [2.05, 4.69) is 200 Å². The summed E-state index contributed by atoms with van der Waals surface area (Å²) in [4.78, 5) is 0. The van der Waals surface area contributed by atoms with Gasteiger partial charge in [0.2, 0.25) is 0 Å². The minimum atomic E-state index is 0.873. The van der Waals surface area contributed by atoms with E-state index in [1.807, 2.05) is 6.07 Å². The van der Waals surface area contributed by atoms with E-state index in [-0.39, 0.29) is 0 Å². The lowest BCUT2D eigenvalue weighted by atomic mass is 9.85. The zero-order valence-corrected chi connectivity index (χ0v) is 32.4. The van der Waals surface area contributed by atoms with Crippen molar-refractivity contribution in [2.24, 2.45) is 0 Å². The lowest BCUT2D eigenvalue weighted by Gasteiger charge is -2.18. The highest BCUT2D eigenvalue weighted by Crippen LogP contribution is 2.49. The van der Waals surface area contributed by atoms with Gasteiger partial charge in [-0.1, -0.05) is 188 Å². The topological polar surface area (TPSA) is 26.3 Å². The Morgan fingerprint density at radius 3 is 1.08 bits per heavy atom. The first-order valence-electron chi connectivity index (χ1n) is 20.6. The van der Waals surface area contributed by atoms with Crippen LogP contribution in [-0.2, 0) is 0 Å². The monoisotopic (exact) mass is 762 g/mol. The van der Waals surface area contributed by atoms with E-state index in [0.717, 1.165) is 60.6 Å². The average molecular weight is 763 g/mol. The highest BCUT2D eigenvalue weighted by atomic mass is 16.3. The predicted octanol–water partition coefficient (Wildman–Crippen LogP) is 16.8. The fourth-order valence-electron chi connectivity index (χ4n) is 10.2. The van der Waals surface area contributed by atoms with Crippen LogP contribution in [0, 0.1) is 0 Å². The summed E-state index contributed by atoms with van der Waals surface area (Å²) in [5.41, 5.74) is 13.0. The molecule has 60 heavy (non-hydrogen) atoms. The molecule has 0 aliphatic carbocycles. The van der Waals surface area contributed by atoms with E-state index < -0.39 is 0 Å². The Hall–Kier alpha value is -7.94. The first-order valence-corrected chi connectivity index (χ1v) is 20.6. The third kappa shape index (κ3) is 4.70. The van der Waals surface area contributed by atoms with Crippen LogP contribution in [0.25, 0.3) is 131 Å². The summed E-state index contributed by atoms with van der Waals surface area (Å²) in [6, 6.07) is 74.3. The second-order valence-corrected chi connectivity index (χ2v) is 15.8. The molecule has 0 bridgehead atoms. The Morgan fingerprint density at radius 2 is 0.583 bits per heavy atom. The number of furan rings is 2. The van der Waals surface area contributed by atoms with Crippen molar-refractivity contribution in [3.8, 4) is 44.5 Å². The Balaban J connectivity index is 1.06. The smallest absolute Gasteiger partial charge is 0.143 e. The molecule has 2 heteroatoms. The normalized spacial score (nSPS) is 12.0. The Labute approximate surface area is 345 Å². The molecule has 0 fully saturated rings. The summed E-state index contributed by atoms with van der Waals surface area (Å²) < 4.78 is 13.6. The van der Waals surface area contributed by atoms with Gasteiger partial charge in [-0.05, 0) is 83.5 Å². The zero-order chi connectivity index (χ0) is 39.3. The molecular formula is C58H34O2. The molecule has 0 spiro atoms. The molecule has 13 aromatic rings. The molecule has 0 aliphatic heterocycles. The van der Waals surface area contributed by atoms with Crippen LogP contribution in [0.4, 0.5) is 0 Å². The lowest BCUT2D eigenvalue weighted by Crippen LogP contribution is -1.91. The molecule has 0 radical (unpaired) electrons. The van der Waals surface area contributed by atoms with E-state index >= 15 is 0 Å². The summed E-state index contributed by atoms with van der Waals surface area (Å²) in [6.45, 7) is 0. The first-order chi connectivity index (χ1) is 29.8. The van der Waals surface area contributed by atoms with E-state index in [0.29, 0.717) is 0 Å². The summed E-state index contributed by atoms with van der Waals surface area (Å²) in [5.74, 6) is 0. The number of para-hydroxylation sites is 3. The van der Waals surface area contributed by atoms with Crippen molar-refractivity contribution in [3.05, 3.63) is 206 Å². The van der Waals surface area contributed by atoms with Gasteiger partial charge in [-0.15, -0.1) is 0 Å². The molecule has 2 aromatic heterocycles. The van der Waals surface area contributed by atoms with Crippen molar-refractivity contribution in [1.29, 1.82) is 0 Å². The predicted molar refractivity (Wildman–Crippen MR) is 253 cm³/mol. The second-order valence-electron chi connectivity index (χ2n) is 15.8. The zero-order valence-electron chi connectivity index (χ0n) is 32.4. The highest BCUT2D eigenvalue weighted by molar-refractivity contribution is 6.26. The Bertz CT molecular complexity index is 3770. The third-order valence-corrected chi connectivity index (χ3v) is 12.7. The van der Waals surface area contributed by atoms with Crippen LogP contribution in [0.5, 0.6) is 0 Å². The van der Waals surface area contributed by atoms with Gasteiger partial charge in [0.1, 0.15) is 22.3 Å². The van der Waals surface area contributed by atoms with E-state index in [4.69, 9.17) is 8.83 Å². The molecule has 2 nitrogen and oxygen atoms in total. The first kappa shape index (κ1) is 33.1. The third-order valence-electron chi connectivity index (χ3n) is 12.7. The molecule has 0 saturated heterocycles. The SMILES string of the molecule is c1ccc(-c2c3ccccc3c(-c3cccc4c3oc3ccc(-c5c6ccccc6c(-c6cccc7c6oc6ccccc67)c6ccccc56)cc34)c3ccccc23)cc1. The fraction of sp³-hybridized carbons (Fsp3) is 0. The molecule has 0 amide bonds. The van der Waals surface area contributed by atoms with Gasteiger partial charge in [-0.3, -0.25) is 0 Å². The van der Waals surface area contributed by atoms with Crippen molar-refractivity contribution in [2.75, 3.05) is 0 Å². The molecular weight excluding hydrogens is 729 g/mol. The molecule has 0 N–H and O–H groups in total. The Kier molecular flexibility index (Phi) is 7.05. The summed E-state index contributed by atoms with van der Waals surface area (Å²) >= 11 is 0. The highest BCUT2D eigenvalue weighted by Gasteiger charge is 2.23. The van der Waals surface area contributed by atoms with Gasteiger partial charge in [0.25, 0.3) is 0 Å². The van der Waals surface area contributed by atoms with Crippen molar-refractivity contribution in [3.63, 3.8) is 0 Å². The molecule has 0 aliphatic rings. The average Bonchev–Trinajstić information content (AvgIpc) is 3.89. The van der Waals surface area contributed by atoms with Gasteiger partial charge in [-0.2, -0.15) is 0 Å². The van der Waals surface area contributed by atoms with E-state index in [1.165, 1.54) is 70.9 Å².